The number of methoxy groups -OCH3 is 2. The lowest BCUT2D eigenvalue weighted by molar-refractivity contribution is -0.129. The summed E-state index contributed by atoms with van der Waals surface area (Å²) in [6.07, 6.45) is 1.60. The lowest BCUT2D eigenvalue weighted by Crippen LogP contribution is -2.40. The molecule has 0 spiro atoms. The van der Waals surface area contributed by atoms with Gasteiger partial charge in [0, 0.05) is 17.7 Å². The van der Waals surface area contributed by atoms with Gasteiger partial charge in [-0.25, -0.2) is 0 Å². The van der Waals surface area contributed by atoms with Crippen LogP contribution in [0, 0.1) is 12.8 Å². The highest BCUT2D eigenvalue weighted by Crippen LogP contribution is 2.37. The lowest BCUT2D eigenvalue weighted by Gasteiger charge is -2.14. The number of thioether (sulfide) groups is 1. The number of benzene rings is 1. The first-order valence-electron chi connectivity index (χ1n) is 8.52. The van der Waals surface area contributed by atoms with Crippen molar-refractivity contribution >= 4 is 34.9 Å². The van der Waals surface area contributed by atoms with E-state index in [1.165, 1.54) is 7.11 Å². The fraction of sp³-hybridized carbons (Fsp3) is 0.421. The third-order valence-electron chi connectivity index (χ3n) is 3.98. The summed E-state index contributed by atoms with van der Waals surface area (Å²) in [5.41, 5.74) is 1.45. The molecule has 1 heterocycles. The summed E-state index contributed by atoms with van der Waals surface area (Å²) >= 11 is 0.810. The molecule has 146 valence electrons. The average molecular weight is 392 g/mol. The van der Waals surface area contributed by atoms with Crippen LogP contribution in [0.5, 0.6) is 11.5 Å². The maximum Gasteiger partial charge on any atom is 0.294 e. The first-order valence-corrected chi connectivity index (χ1v) is 9.33. The molecule has 0 aliphatic carbocycles. The zero-order chi connectivity index (χ0) is 20.1. The number of carbonyl (C=O) groups is 3. The van der Waals surface area contributed by atoms with Crippen molar-refractivity contribution in [2.75, 3.05) is 27.3 Å². The lowest BCUT2D eigenvalue weighted by atomic mass is 10.1. The number of nitrogens with one attached hydrogen (secondary N) is 1. The van der Waals surface area contributed by atoms with Crippen molar-refractivity contribution in [2.45, 2.75) is 20.8 Å². The van der Waals surface area contributed by atoms with E-state index in [1.807, 2.05) is 20.8 Å². The summed E-state index contributed by atoms with van der Waals surface area (Å²) in [6.45, 7) is 5.99. The Balaban J connectivity index is 2.21. The Morgan fingerprint density at radius 2 is 1.96 bits per heavy atom. The molecule has 1 aliphatic heterocycles. The van der Waals surface area contributed by atoms with Gasteiger partial charge in [-0.3, -0.25) is 19.3 Å². The molecule has 27 heavy (non-hydrogen) atoms. The fourth-order valence-electron chi connectivity index (χ4n) is 2.60. The number of amides is 3. The molecule has 0 aromatic heterocycles. The van der Waals surface area contributed by atoms with E-state index in [1.54, 1.807) is 25.3 Å². The van der Waals surface area contributed by atoms with Crippen LogP contribution in [-0.2, 0) is 9.59 Å². The van der Waals surface area contributed by atoms with Crippen LogP contribution in [0.4, 0.5) is 4.79 Å². The third-order valence-corrected chi connectivity index (χ3v) is 4.89. The number of rotatable bonds is 7. The highest BCUT2D eigenvalue weighted by atomic mass is 32.2. The zero-order valence-corrected chi connectivity index (χ0v) is 16.9. The van der Waals surface area contributed by atoms with Crippen molar-refractivity contribution in [3.8, 4) is 11.5 Å². The average Bonchev–Trinajstić information content (AvgIpc) is 2.88. The Hall–Kier alpha value is -2.48. The molecular formula is C19H24N2O5S. The predicted molar refractivity (Wildman–Crippen MR) is 105 cm³/mol. The summed E-state index contributed by atoms with van der Waals surface area (Å²) < 4.78 is 10.7. The van der Waals surface area contributed by atoms with E-state index in [0.29, 0.717) is 23.6 Å². The summed E-state index contributed by atoms with van der Waals surface area (Å²) in [5, 5.41) is 2.24. The van der Waals surface area contributed by atoms with Crippen molar-refractivity contribution < 1.29 is 23.9 Å². The van der Waals surface area contributed by atoms with Gasteiger partial charge in [-0.1, -0.05) is 13.8 Å². The van der Waals surface area contributed by atoms with Crippen molar-refractivity contribution in [2.24, 2.45) is 5.92 Å². The molecule has 1 N–H and O–H groups in total. The molecule has 1 aromatic carbocycles. The van der Waals surface area contributed by atoms with Crippen LogP contribution in [0.2, 0.25) is 0 Å². The van der Waals surface area contributed by atoms with Gasteiger partial charge in [0.25, 0.3) is 11.1 Å². The maximum absolute atomic E-state index is 12.6. The number of ether oxygens (including phenoxy) is 2. The minimum absolute atomic E-state index is 0.250. The number of hydrogen-bond donors (Lipinski definition) is 1. The Kier molecular flexibility index (Phi) is 6.90. The molecule has 1 aromatic rings. The standard InChI is InChI=1S/C19H24N2O5S/c1-11(2)9-20-16(22)10-21-18(23)15(27-19(21)24)8-13-6-7-14(25-4)12(3)17(13)26-5/h6-8,11H,9-10H2,1-5H3,(H,20,22)/b15-8-. The van der Waals surface area contributed by atoms with Crippen molar-refractivity contribution in [1.29, 1.82) is 0 Å². The summed E-state index contributed by atoms with van der Waals surface area (Å²) in [5.74, 6) is 0.676. The van der Waals surface area contributed by atoms with Crippen molar-refractivity contribution in [1.82, 2.24) is 10.2 Å². The van der Waals surface area contributed by atoms with Gasteiger partial charge in [0.15, 0.2) is 0 Å². The van der Waals surface area contributed by atoms with E-state index in [4.69, 9.17) is 9.47 Å². The molecular weight excluding hydrogens is 368 g/mol. The maximum atomic E-state index is 12.6. The smallest absolute Gasteiger partial charge is 0.294 e. The topological polar surface area (TPSA) is 84.9 Å². The molecule has 3 amide bonds. The van der Waals surface area contributed by atoms with Crippen LogP contribution in [0.15, 0.2) is 17.0 Å². The van der Waals surface area contributed by atoms with Gasteiger partial charge in [0.05, 0.1) is 19.1 Å². The first-order chi connectivity index (χ1) is 12.8. The van der Waals surface area contributed by atoms with Crippen molar-refractivity contribution in [3.63, 3.8) is 0 Å². The molecule has 0 bridgehead atoms. The molecule has 1 saturated heterocycles. The predicted octanol–water partition coefficient (Wildman–Crippen LogP) is 2.82. The normalized spacial score (nSPS) is 15.6. The molecule has 0 atom stereocenters. The van der Waals surface area contributed by atoms with Gasteiger partial charge in [-0.2, -0.15) is 0 Å². The Bertz CT molecular complexity index is 789. The molecule has 7 nitrogen and oxygen atoms in total. The van der Waals surface area contributed by atoms with Gasteiger partial charge in [-0.05, 0) is 42.8 Å². The number of imide groups is 1. The second-order valence-electron chi connectivity index (χ2n) is 6.48. The van der Waals surface area contributed by atoms with Crippen LogP contribution in [0.3, 0.4) is 0 Å². The quantitative estimate of drug-likeness (QED) is 0.718. The molecule has 1 aliphatic rings. The third kappa shape index (κ3) is 4.82. The monoisotopic (exact) mass is 392 g/mol. The van der Waals surface area contributed by atoms with Gasteiger partial charge >= 0.3 is 0 Å². The zero-order valence-electron chi connectivity index (χ0n) is 16.1. The van der Waals surface area contributed by atoms with E-state index in [-0.39, 0.29) is 23.3 Å². The van der Waals surface area contributed by atoms with Gasteiger partial charge in [-0.15, -0.1) is 0 Å². The van der Waals surface area contributed by atoms with Crippen LogP contribution < -0.4 is 14.8 Å². The van der Waals surface area contributed by atoms with Crippen molar-refractivity contribution in [3.05, 3.63) is 28.2 Å². The Labute approximate surface area is 163 Å². The number of hydrogen-bond acceptors (Lipinski definition) is 6. The minimum Gasteiger partial charge on any atom is -0.496 e. The fourth-order valence-corrected chi connectivity index (χ4v) is 3.42. The Morgan fingerprint density at radius 3 is 2.56 bits per heavy atom. The molecule has 0 saturated carbocycles. The SMILES string of the molecule is COc1ccc(/C=C2\SC(=O)N(CC(=O)NCC(C)C)C2=O)c(OC)c1C. The molecule has 0 unspecified atom stereocenters. The summed E-state index contributed by atoms with van der Waals surface area (Å²) in [6, 6.07) is 3.53. The van der Waals surface area contributed by atoms with Crippen LogP contribution in [0.1, 0.15) is 25.0 Å². The highest BCUT2D eigenvalue weighted by molar-refractivity contribution is 8.18. The van der Waals surface area contributed by atoms with Crippen LogP contribution in [-0.4, -0.2) is 49.3 Å². The van der Waals surface area contributed by atoms with Gasteiger partial charge in [0.1, 0.15) is 18.0 Å². The van der Waals surface area contributed by atoms with E-state index < -0.39 is 11.1 Å². The van der Waals surface area contributed by atoms with Crippen LogP contribution >= 0.6 is 11.8 Å². The second-order valence-corrected chi connectivity index (χ2v) is 7.47. The summed E-state index contributed by atoms with van der Waals surface area (Å²) in [7, 11) is 3.10. The van der Waals surface area contributed by atoms with E-state index in [9.17, 15) is 14.4 Å². The largest absolute Gasteiger partial charge is 0.496 e. The second kappa shape index (κ2) is 8.94. The van der Waals surface area contributed by atoms with E-state index in [2.05, 4.69) is 5.32 Å². The van der Waals surface area contributed by atoms with Crippen LogP contribution in [0.25, 0.3) is 6.08 Å². The number of carbonyl (C=O) groups excluding carboxylic acids is 3. The molecule has 0 radical (unpaired) electrons. The summed E-state index contributed by atoms with van der Waals surface area (Å²) in [4.78, 5) is 37.9. The number of nitrogens with zero attached hydrogens (tertiary/aromatic N) is 1. The molecule has 8 heteroatoms. The minimum atomic E-state index is -0.486. The first kappa shape index (κ1) is 20.8. The molecule has 2 rings (SSSR count). The highest BCUT2D eigenvalue weighted by Gasteiger charge is 2.36. The van der Waals surface area contributed by atoms with Gasteiger partial charge in [0.2, 0.25) is 5.91 Å². The van der Waals surface area contributed by atoms with E-state index >= 15 is 0 Å². The molecule has 1 fully saturated rings. The Morgan fingerprint density at radius 1 is 1.26 bits per heavy atom. The van der Waals surface area contributed by atoms with Gasteiger partial charge < -0.3 is 14.8 Å². The van der Waals surface area contributed by atoms with E-state index in [0.717, 1.165) is 22.2 Å².